The first-order valence-corrected chi connectivity index (χ1v) is 6.68. The van der Waals surface area contributed by atoms with Gasteiger partial charge in [-0.3, -0.25) is 4.90 Å². The fourth-order valence-corrected chi connectivity index (χ4v) is 2.56. The Hall–Kier alpha value is -0.910. The van der Waals surface area contributed by atoms with Gasteiger partial charge in [0.05, 0.1) is 18.1 Å². The molecular formula is C13H25N5. The zero-order chi connectivity index (χ0) is 13.1. The minimum atomic E-state index is 0.393. The third-order valence-corrected chi connectivity index (χ3v) is 3.96. The highest BCUT2D eigenvalue weighted by molar-refractivity contribution is 5.16. The number of nitrogens with zero attached hydrogens (tertiary/aromatic N) is 4. The number of aromatic nitrogens is 2. The van der Waals surface area contributed by atoms with Gasteiger partial charge in [0.2, 0.25) is 0 Å². The predicted molar refractivity (Wildman–Crippen MR) is 73.7 cm³/mol. The molecular weight excluding hydrogens is 226 g/mol. The number of hydrogen-bond donors (Lipinski definition) is 1. The second-order valence-electron chi connectivity index (χ2n) is 5.24. The number of rotatable bonds is 4. The Balaban J connectivity index is 2.15. The van der Waals surface area contributed by atoms with Crippen LogP contribution in [0.1, 0.15) is 17.4 Å². The largest absolute Gasteiger partial charge is 0.338 e. The fourth-order valence-electron chi connectivity index (χ4n) is 2.56. The highest BCUT2D eigenvalue weighted by Crippen LogP contribution is 2.22. The lowest BCUT2D eigenvalue weighted by Gasteiger charge is -2.37. The van der Waals surface area contributed by atoms with Crippen LogP contribution in [0.5, 0.6) is 0 Å². The first-order valence-electron chi connectivity index (χ1n) is 6.68. The van der Waals surface area contributed by atoms with Crippen LogP contribution in [0.3, 0.4) is 0 Å². The first-order chi connectivity index (χ1) is 8.63. The second-order valence-corrected chi connectivity index (χ2v) is 5.24. The van der Waals surface area contributed by atoms with Crippen molar-refractivity contribution in [2.24, 2.45) is 7.05 Å². The number of piperazine rings is 1. The van der Waals surface area contributed by atoms with Crippen molar-refractivity contribution in [1.82, 2.24) is 24.7 Å². The van der Waals surface area contributed by atoms with E-state index in [1.807, 2.05) is 13.4 Å². The number of likely N-dealkylation sites (N-methyl/N-ethyl adjacent to an activating group) is 2. The number of hydrogen-bond acceptors (Lipinski definition) is 4. The monoisotopic (exact) mass is 251 g/mol. The fraction of sp³-hybridized carbons (Fsp3) is 0.769. The van der Waals surface area contributed by atoms with Crippen molar-refractivity contribution in [3.05, 3.63) is 17.7 Å². The Labute approximate surface area is 110 Å². The van der Waals surface area contributed by atoms with E-state index in [2.05, 4.69) is 45.7 Å². The van der Waals surface area contributed by atoms with Gasteiger partial charge >= 0.3 is 0 Å². The predicted octanol–water partition coefficient (Wildman–Crippen LogP) is 0.236. The van der Waals surface area contributed by atoms with Crippen molar-refractivity contribution in [2.75, 3.05) is 46.8 Å². The zero-order valence-corrected chi connectivity index (χ0v) is 12.0. The van der Waals surface area contributed by atoms with Crippen molar-refractivity contribution in [3.63, 3.8) is 0 Å². The number of imidazole rings is 1. The standard InChI is InChI=1S/C13H25N5/c1-11-13(15-10-17(11)4)12(9-14-2)18-7-5-16(3)6-8-18/h10,12,14H,5-9H2,1-4H3. The van der Waals surface area contributed by atoms with E-state index in [1.54, 1.807) is 0 Å². The summed E-state index contributed by atoms with van der Waals surface area (Å²) in [6.07, 6.45) is 1.92. The Kier molecular flexibility index (Phi) is 4.37. The van der Waals surface area contributed by atoms with Crippen LogP contribution in [-0.4, -0.2) is 66.2 Å². The summed E-state index contributed by atoms with van der Waals surface area (Å²) in [5, 5.41) is 3.31. The van der Waals surface area contributed by atoms with E-state index in [9.17, 15) is 0 Å². The molecule has 5 heteroatoms. The molecule has 1 aliphatic rings. The third kappa shape index (κ3) is 2.74. The van der Waals surface area contributed by atoms with E-state index >= 15 is 0 Å². The smallest absolute Gasteiger partial charge is 0.0949 e. The van der Waals surface area contributed by atoms with Gasteiger partial charge in [0.15, 0.2) is 0 Å². The van der Waals surface area contributed by atoms with Gasteiger partial charge in [-0.15, -0.1) is 0 Å². The highest BCUT2D eigenvalue weighted by atomic mass is 15.3. The van der Waals surface area contributed by atoms with Gasteiger partial charge in [0.1, 0.15) is 0 Å². The maximum absolute atomic E-state index is 4.60. The van der Waals surface area contributed by atoms with Crippen LogP contribution in [0, 0.1) is 6.92 Å². The Morgan fingerprint density at radius 2 is 1.94 bits per heavy atom. The van der Waals surface area contributed by atoms with Crippen LogP contribution in [-0.2, 0) is 7.05 Å². The van der Waals surface area contributed by atoms with Gasteiger partial charge in [-0.05, 0) is 21.0 Å². The molecule has 2 heterocycles. The van der Waals surface area contributed by atoms with Crippen molar-refractivity contribution >= 4 is 0 Å². The van der Waals surface area contributed by atoms with Crippen molar-refractivity contribution in [3.8, 4) is 0 Å². The van der Waals surface area contributed by atoms with Gasteiger partial charge in [0, 0.05) is 45.5 Å². The number of nitrogens with one attached hydrogen (secondary N) is 1. The Bertz CT molecular complexity index is 379. The highest BCUT2D eigenvalue weighted by Gasteiger charge is 2.26. The molecule has 0 aromatic carbocycles. The van der Waals surface area contributed by atoms with Crippen LogP contribution < -0.4 is 5.32 Å². The average Bonchev–Trinajstić information content (AvgIpc) is 2.69. The average molecular weight is 251 g/mol. The molecule has 0 spiro atoms. The summed E-state index contributed by atoms with van der Waals surface area (Å²) < 4.78 is 2.11. The molecule has 0 aliphatic carbocycles. The second kappa shape index (κ2) is 5.82. The van der Waals surface area contributed by atoms with E-state index in [0.717, 1.165) is 32.7 Å². The van der Waals surface area contributed by atoms with Crippen molar-refractivity contribution < 1.29 is 0 Å². The lowest BCUT2D eigenvalue weighted by molar-refractivity contribution is 0.109. The molecule has 0 radical (unpaired) electrons. The van der Waals surface area contributed by atoms with Crippen molar-refractivity contribution in [2.45, 2.75) is 13.0 Å². The molecule has 2 rings (SSSR count). The summed E-state index contributed by atoms with van der Waals surface area (Å²) in [4.78, 5) is 9.53. The van der Waals surface area contributed by atoms with E-state index in [0.29, 0.717) is 6.04 Å². The molecule has 0 saturated carbocycles. The van der Waals surface area contributed by atoms with Gasteiger partial charge in [0.25, 0.3) is 0 Å². The zero-order valence-electron chi connectivity index (χ0n) is 12.0. The lowest BCUT2D eigenvalue weighted by Crippen LogP contribution is -2.48. The minimum Gasteiger partial charge on any atom is -0.338 e. The minimum absolute atomic E-state index is 0.393. The molecule has 1 N–H and O–H groups in total. The SMILES string of the molecule is CNCC(c1ncn(C)c1C)N1CCN(C)CC1. The van der Waals surface area contributed by atoms with Gasteiger partial charge < -0.3 is 14.8 Å². The molecule has 0 bridgehead atoms. The number of aryl methyl sites for hydroxylation is 1. The summed E-state index contributed by atoms with van der Waals surface area (Å²) in [6, 6.07) is 0.393. The van der Waals surface area contributed by atoms with Gasteiger partial charge in [-0.1, -0.05) is 0 Å². The summed E-state index contributed by atoms with van der Waals surface area (Å²) in [5.41, 5.74) is 2.49. The summed E-state index contributed by atoms with van der Waals surface area (Å²) in [5.74, 6) is 0. The van der Waals surface area contributed by atoms with Crippen LogP contribution in [0.4, 0.5) is 0 Å². The van der Waals surface area contributed by atoms with E-state index < -0.39 is 0 Å². The topological polar surface area (TPSA) is 36.3 Å². The molecule has 18 heavy (non-hydrogen) atoms. The maximum atomic E-state index is 4.60. The van der Waals surface area contributed by atoms with E-state index in [4.69, 9.17) is 0 Å². The molecule has 1 atom stereocenters. The Morgan fingerprint density at radius 3 is 2.44 bits per heavy atom. The molecule has 1 aliphatic heterocycles. The normalized spacial score (nSPS) is 20.2. The Morgan fingerprint density at radius 1 is 1.28 bits per heavy atom. The molecule has 1 unspecified atom stereocenters. The molecule has 102 valence electrons. The molecule has 5 nitrogen and oxygen atoms in total. The van der Waals surface area contributed by atoms with Gasteiger partial charge in [-0.2, -0.15) is 0 Å². The van der Waals surface area contributed by atoms with Crippen LogP contribution in [0.2, 0.25) is 0 Å². The molecule has 1 fully saturated rings. The summed E-state index contributed by atoms with van der Waals surface area (Å²) in [7, 11) is 6.27. The molecule has 1 saturated heterocycles. The maximum Gasteiger partial charge on any atom is 0.0949 e. The molecule has 1 aromatic rings. The molecule has 0 amide bonds. The lowest BCUT2D eigenvalue weighted by atomic mass is 10.1. The molecule has 1 aromatic heterocycles. The third-order valence-electron chi connectivity index (χ3n) is 3.96. The van der Waals surface area contributed by atoms with Crippen molar-refractivity contribution in [1.29, 1.82) is 0 Å². The quantitative estimate of drug-likeness (QED) is 0.831. The van der Waals surface area contributed by atoms with Gasteiger partial charge in [-0.25, -0.2) is 4.98 Å². The van der Waals surface area contributed by atoms with E-state index in [-0.39, 0.29) is 0 Å². The van der Waals surface area contributed by atoms with Crippen LogP contribution in [0.15, 0.2) is 6.33 Å². The van der Waals surface area contributed by atoms with E-state index in [1.165, 1.54) is 11.4 Å². The summed E-state index contributed by atoms with van der Waals surface area (Å²) in [6.45, 7) is 7.65. The summed E-state index contributed by atoms with van der Waals surface area (Å²) >= 11 is 0. The van der Waals surface area contributed by atoms with Crippen LogP contribution >= 0.6 is 0 Å². The first kappa shape index (κ1) is 13.5. The van der Waals surface area contributed by atoms with Crippen LogP contribution in [0.25, 0.3) is 0 Å².